The fourth-order valence-corrected chi connectivity index (χ4v) is 7.09. The van der Waals surface area contributed by atoms with Crippen molar-refractivity contribution in [3.05, 3.63) is 101 Å². The van der Waals surface area contributed by atoms with Gasteiger partial charge in [-0.15, -0.1) is 0 Å². The van der Waals surface area contributed by atoms with Crippen LogP contribution >= 0.6 is 11.3 Å². The summed E-state index contributed by atoms with van der Waals surface area (Å²) in [4.78, 5) is 5.99. The van der Waals surface area contributed by atoms with E-state index < -0.39 is 0 Å². The average Bonchev–Trinajstić information content (AvgIpc) is 3.36. The summed E-state index contributed by atoms with van der Waals surface area (Å²) in [7, 11) is 0. The van der Waals surface area contributed by atoms with E-state index in [1.54, 1.807) is 0 Å². The third kappa shape index (κ3) is 3.17. The van der Waals surface area contributed by atoms with Crippen LogP contribution in [0.5, 0.6) is 0 Å². The van der Waals surface area contributed by atoms with Crippen LogP contribution in [0.1, 0.15) is 19.3 Å². The van der Waals surface area contributed by atoms with Crippen molar-refractivity contribution < 1.29 is 0 Å². The van der Waals surface area contributed by atoms with E-state index in [0.717, 1.165) is 0 Å². The maximum atomic E-state index is 2.31. The van der Waals surface area contributed by atoms with Crippen LogP contribution in [0.3, 0.4) is 0 Å². The summed E-state index contributed by atoms with van der Waals surface area (Å²) in [6.07, 6.45) is 0. The molecule has 0 bridgehead atoms. The van der Waals surface area contributed by atoms with Gasteiger partial charge in [0.2, 0.25) is 0 Å². The van der Waals surface area contributed by atoms with E-state index >= 15 is 0 Å². The molecule has 3 heteroatoms. The molecule has 0 nitrogen and oxygen atoms in total. The predicted molar refractivity (Wildman–Crippen MR) is 103 cm³/mol. The summed E-state index contributed by atoms with van der Waals surface area (Å²) in [5.41, 5.74) is 4.18. The summed E-state index contributed by atoms with van der Waals surface area (Å²) < 4.78 is 3.00. The molecule has 0 atom stereocenters. The molecule has 3 heterocycles. The normalized spacial score (nSPS) is 10.6. The molecule has 0 fully saturated rings. The van der Waals surface area contributed by atoms with Gasteiger partial charge in [-0.25, -0.2) is 0 Å². The number of hydrogen-bond acceptors (Lipinski definition) is 1. The van der Waals surface area contributed by atoms with Crippen LogP contribution in [0, 0.1) is 0 Å². The van der Waals surface area contributed by atoms with Crippen molar-refractivity contribution in [3.63, 3.8) is 0 Å². The van der Waals surface area contributed by atoms with Crippen molar-refractivity contribution in [2.75, 3.05) is 0 Å². The van der Waals surface area contributed by atoms with Gasteiger partial charge in [-0.1, -0.05) is 0 Å². The van der Waals surface area contributed by atoms with E-state index in [1.807, 2.05) is 11.3 Å². The minimum absolute atomic E-state index is 0.437. The van der Waals surface area contributed by atoms with Crippen LogP contribution in [0.2, 0.25) is 0 Å². The zero-order valence-corrected chi connectivity index (χ0v) is 16.6. The van der Waals surface area contributed by atoms with Gasteiger partial charge in [-0.2, -0.15) is 0 Å². The zero-order valence-electron chi connectivity index (χ0n) is 12.3. The Kier molecular flexibility index (Phi) is 4.66. The Morgan fingerprint density at radius 2 is 1.35 bits per heavy atom. The van der Waals surface area contributed by atoms with Crippen molar-refractivity contribution in [2.45, 2.75) is 0 Å². The molecule has 112 valence electrons. The van der Waals surface area contributed by atoms with Crippen LogP contribution < -0.4 is 0 Å². The molecule has 0 unspecified atom stereocenters. The topological polar surface area (TPSA) is 0 Å². The average molecular weight is 444 g/mol. The molecule has 4 aromatic rings. The number of rotatable bonds is 4. The van der Waals surface area contributed by atoms with E-state index in [-0.39, 0.29) is 0 Å². The summed E-state index contributed by atoms with van der Waals surface area (Å²) >= 11 is 2.71. The SMILES string of the molecule is c1ccc(C(=C(c2ccc[se]2)c2ccc[se]2)c2cccs2)cc1. The molecule has 0 amide bonds. The summed E-state index contributed by atoms with van der Waals surface area (Å²) in [6, 6.07) is 24.3. The van der Waals surface area contributed by atoms with E-state index in [9.17, 15) is 0 Å². The van der Waals surface area contributed by atoms with E-state index in [4.69, 9.17) is 0 Å². The molecule has 0 N–H and O–H groups in total. The number of hydrogen-bond donors (Lipinski definition) is 0. The van der Waals surface area contributed by atoms with Crippen molar-refractivity contribution in [1.82, 2.24) is 0 Å². The van der Waals surface area contributed by atoms with Crippen LogP contribution in [-0.4, -0.2) is 29.0 Å². The second-order valence-electron chi connectivity index (χ2n) is 5.05. The first kappa shape index (κ1) is 15.2. The number of benzene rings is 1. The van der Waals surface area contributed by atoms with Crippen LogP contribution in [0.25, 0.3) is 11.1 Å². The molecule has 0 aliphatic heterocycles. The van der Waals surface area contributed by atoms with E-state index in [0.29, 0.717) is 29.0 Å². The molecular formula is C20H14SSe2. The molecule has 23 heavy (non-hydrogen) atoms. The molecule has 1 aromatic carbocycles. The second-order valence-corrected chi connectivity index (χ2v) is 9.97. The Balaban J connectivity index is 2.06. The third-order valence-electron chi connectivity index (χ3n) is 3.62. The molecule has 0 spiro atoms. The first-order valence-electron chi connectivity index (χ1n) is 7.35. The van der Waals surface area contributed by atoms with Crippen molar-refractivity contribution >= 4 is 51.5 Å². The maximum absolute atomic E-state index is 2.31. The molecule has 0 aliphatic rings. The molecule has 4 rings (SSSR count). The van der Waals surface area contributed by atoms with Crippen LogP contribution in [0.15, 0.2) is 82.0 Å². The van der Waals surface area contributed by atoms with Gasteiger partial charge < -0.3 is 0 Å². The van der Waals surface area contributed by atoms with Crippen molar-refractivity contribution in [1.29, 1.82) is 0 Å². The van der Waals surface area contributed by atoms with E-state index in [2.05, 4.69) is 82.0 Å². The van der Waals surface area contributed by atoms with Gasteiger partial charge in [0.1, 0.15) is 0 Å². The minimum atomic E-state index is 0.437. The van der Waals surface area contributed by atoms with Gasteiger partial charge in [0.25, 0.3) is 0 Å². The summed E-state index contributed by atoms with van der Waals surface area (Å²) in [5, 5.41) is 2.18. The molecule has 0 radical (unpaired) electrons. The van der Waals surface area contributed by atoms with Crippen LogP contribution in [0.4, 0.5) is 0 Å². The monoisotopic (exact) mass is 446 g/mol. The standard InChI is InChI=1S/C20H14SSe2/c1-2-7-15(8-3-1)19(16-9-4-12-21-16)20(17-10-5-13-22-17)18-11-6-14-23-18/h1-14H. The van der Waals surface area contributed by atoms with Gasteiger partial charge >= 0.3 is 153 Å². The van der Waals surface area contributed by atoms with Gasteiger partial charge in [-0.05, 0) is 0 Å². The Labute approximate surface area is 152 Å². The second kappa shape index (κ2) is 7.05. The fraction of sp³-hybridized carbons (Fsp3) is 0. The Bertz CT molecular complexity index is 848. The zero-order chi connectivity index (χ0) is 15.5. The molecule has 0 saturated heterocycles. The van der Waals surface area contributed by atoms with Gasteiger partial charge in [0, 0.05) is 0 Å². The summed E-state index contributed by atoms with van der Waals surface area (Å²) in [5.74, 6) is 0. The Morgan fingerprint density at radius 3 is 1.87 bits per heavy atom. The quantitative estimate of drug-likeness (QED) is 0.394. The predicted octanol–water partition coefficient (Wildman–Crippen LogP) is 4.87. The van der Waals surface area contributed by atoms with Crippen molar-refractivity contribution in [3.8, 4) is 0 Å². The summed E-state index contributed by atoms with van der Waals surface area (Å²) in [6.45, 7) is 0. The number of thiophene rings is 1. The molecule has 0 saturated carbocycles. The van der Waals surface area contributed by atoms with Gasteiger partial charge in [0.15, 0.2) is 0 Å². The van der Waals surface area contributed by atoms with Gasteiger partial charge in [-0.3, -0.25) is 0 Å². The molecular weight excluding hydrogens is 430 g/mol. The third-order valence-corrected chi connectivity index (χ3v) is 8.23. The Morgan fingerprint density at radius 1 is 0.652 bits per heavy atom. The van der Waals surface area contributed by atoms with Crippen molar-refractivity contribution in [2.24, 2.45) is 0 Å². The molecule has 3 aromatic heterocycles. The van der Waals surface area contributed by atoms with E-state index in [1.165, 1.54) is 30.5 Å². The Hall–Kier alpha value is -1.34. The first-order valence-corrected chi connectivity index (χ1v) is 11.9. The molecule has 0 aliphatic carbocycles. The first-order chi connectivity index (χ1) is 11.4. The van der Waals surface area contributed by atoms with Gasteiger partial charge in [0.05, 0.1) is 0 Å². The fourth-order valence-electron chi connectivity index (χ4n) is 2.64. The van der Waals surface area contributed by atoms with Crippen LogP contribution in [-0.2, 0) is 0 Å².